The van der Waals surface area contributed by atoms with Crippen LogP contribution in [0.2, 0.25) is 19.6 Å². The fourth-order valence-corrected chi connectivity index (χ4v) is 2.76. The lowest BCUT2D eigenvalue weighted by atomic mass is 10.2. The number of amides is 1. The summed E-state index contributed by atoms with van der Waals surface area (Å²) >= 11 is 0. The second-order valence-corrected chi connectivity index (χ2v) is 13.4. The Hall–Kier alpha value is -2.71. The molecule has 0 spiro atoms. The van der Waals surface area contributed by atoms with Crippen molar-refractivity contribution in [3.05, 3.63) is 59.7 Å². The lowest BCUT2D eigenvalue weighted by Gasteiger charge is -2.19. The minimum atomic E-state index is -1.42. The second kappa shape index (κ2) is 8.98. The van der Waals surface area contributed by atoms with Gasteiger partial charge >= 0.3 is 6.09 Å². The SMILES string of the molecule is CC(C)(C)OC(=O)NCc1cccc(Oc2cccc(C#C[Si](C)(C)C)c2)c1. The van der Waals surface area contributed by atoms with Crippen LogP contribution >= 0.6 is 0 Å². The van der Waals surface area contributed by atoms with Gasteiger partial charge in [-0.1, -0.05) is 43.8 Å². The van der Waals surface area contributed by atoms with E-state index in [1.807, 2.05) is 69.3 Å². The van der Waals surface area contributed by atoms with Crippen LogP contribution < -0.4 is 10.1 Å². The van der Waals surface area contributed by atoms with E-state index in [2.05, 4.69) is 36.4 Å². The number of carbonyl (C=O) groups is 1. The maximum atomic E-state index is 11.8. The molecule has 0 bridgehead atoms. The van der Waals surface area contributed by atoms with Crippen molar-refractivity contribution in [3.8, 4) is 23.0 Å². The van der Waals surface area contributed by atoms with Gasteiger partial charge in [0.1, 0.15) is 25.2 Å². The lowest BCUT2D eigenvalue weighted by Crippen LogP contribution is -2.32. The number of nitrogens with one attached hydrogen (secondary N) is 1. The van der Waals surface area contributed by atoms with Crippen LogP contribution in [0.3, 0.4) is 0 Å². The summed E-state index contributed by atoms with van der Waals surface area (Å²) in [6.07, 6.45) is -0.438. The number of hydrogen-bond acceptors (Lipinski definition) is 3. The van der Waals surface area contributed by atoms with Crippen LogP contribution in [0.15, 0.2) is 48.5 Å². The second-order valence-electron chi connectivity index (χ2n) is 8.63. The van der Waals surface area contributed by atoms with Gasteiger partial charge in [0.25, 0.3) is 0 Å². The van der Waals surface area contributed by atoms with Crippen LogP contribution in [0, 0.1) is 11.5 Å². The van der Waals surface area contributed by atoms with Gasteiger partial charge in [0.05, 0.1) is 0 Å². The normalized spacial score (nSPS) is 11.2. The number of ether oxygens (including phenoxy) is 2. The maximum absolute atomic E-state index is 11.8. The highest BCUT2D eigenvalue weighted by Crippen LogP contribution is 2.23. The molecule has 0 unspecified atom stereocenters. The monoisotopic (exact) mass is 395 g/mol. The van der Waals surface area contributed by atoms with Gasteiger partial charge in [-0.2, -0.15) is 0 Å². The third kappa shape index (κ3) is 8.32. The van der Waals surface area contributed by atoms with Gasteiger partial charge in [0, 0.05) is 12.1 Å². The molecule has 1 N–H and O–H groups in total. The van der Waals surface area contributed by atoms with E-state index in [1.54, 1.807) is 0 Å². The Labute approximate surface area is 169 Å². The highest BCUT2D eigenvalue weighted by Gasteiger charge is 2.15. The average Bonchev–Trinajstić information content (AvgIpc) is 2.57. The van der Waals surface area contributed by atoms with E-state index in [1.165, 1.54) is 0 Å². The number of carbonyl (C=O) groups excluding carboxylic acids is 1. The lowest BCUT2D eigenvalue weighted by molar-refractivity contribution is 0.0523. The largest absolute Gasteiger partial charge is 0.457 e. The zero-order valence-electron chi connectivity index (χ0n) is 17.6. The summed E-state index contributed by atoms with van der Waals surface area (Å²) in [5.41, 5.74) is 4.72. The quantitative estimate of drug-likeness (QED) is 0.531. The van der Waals surface area contributed by atoms with Crippen LogP contribution in [-0.2, 0) is 11.3 Å². The van der Waals surface area contributed by atoms with Crippen LogP contribution in [0.1, 0.15) is 31.9 Å². The van der Waals surface area contributed by atoms with Gasteiger partial charge < -0.3 is 14.8 Å². The van der Waals surface area contributed by atoms with Gasteiger partial charge in [-0.3, -0.25) is 0 Å². The molecule has 2 rings (SSSR count). The third-order valence-corrected chi connectivity index (χ3v) is 4.26. The zero-order valence-corrected chi connectivity index (χ0v) is 18.6. The standard InChI is InChI=1S/C23H29NO3Si/c1-23(2,3)27-22(25)24-17-19-10-8-12-21(16-19)26-20-11-7-9-18(15-20)13-14-28(4,5)6/h7-12,15-16H,17H2,1-6H3,(H,24,25). The molecule has 2 aromatic rings. The summed E-state index contributed by atoms with van der Waals surface area (Å²) in [7, 11) is -1.42. The molecule has 4 nitrogen and oxygen atoms in total. The van der Waals surface area contributed by atoms with Crippen molar-refractivity contribution in [2.75, 3.05) is 0 Å². The van der Waals surface area contributed by atoms with Crippen LogP contribution in [0.5, 0.6) is 11.5 Å². The summed E-state index contributed by atoms with van der Waals surface area (Å²) < 4.78 is 11.2. The third-order valence-electron chi connectivity index (χ3n) is 3.39. The molecule has 0 saturated carbocycles. The molecule has 0 aromatic heterocycles. The maximum Gasteiger partial charge on any atom is 0.407 e. The average molecular weight is 396 g/mol. The van der Waals surface area contributed by atoms with E-state index < -0.39 is 19.8 Å². The number of rotatable bonds is 4. The Morgan fingerprint density at radius 3 is 2.32 bits per heavy atom. The minimum absolute atomic E-state index is 0.369. The number of hydrogen-bond donors (Lipinski definition) is 1. The summed E-state index contributed by atoms with van der Waals surface area (Å²) in [4.78, 5) is 11.8. The van der Waals surface area contributed by atoms with E-state index in [9.17, 15) is 4.79 Å². The van der Waals surface area contributed by atoms with Crippen LogP contribution in [0.25, 0.3) is 0 Å². The summed E-state index contributed by atoms with van der Waals surface area (Å²) in [5.74, 6) is 4.69. The van der Waals surface area contributed by atoms with Crippen molar-refractivity contribution in [1.82, 2.24) is 5.32 Å². The fourth-order valence-electron chi connectivity index (χ4n) is 2.24. The van der Waals surface area contributed by atoms with E-state index in [-0.39, 0.29) is 0 Å². The molecule has 148 valence electrons. The molecule has 0 aliphatic rings. The van der Waals surface area contributed by atoms with Gasteiger partial charge in [-0.15, -0.1) is 5.54 Å². The zero-order chi connectivity index (χ0) is 20.8. The first kappa shape index (κ1) is 21.6. The van der Waals surface area contributed by atoms with Gasteiger partial charge in [0.15, 0.2) is 0 Å². The Kier molecular flexibility index (Phi) is 6.93. The molecule has 0 atom stereocenters. The number of alkyl carbamates (subject to hydrolysis) is 1. The first-order chi connectivity index (χ1) is 13.0. The van der Waals surface area contributed by atoms with Crippen molar-refractivity contribution in [1.29, 1.82) is 0 Å². The topological polar surface area (TPSA) is 47.6 Å². The minimum Gasteiger partial charge on any atom is -0.457 e. The first-order valence-corrected chi connectivity index (χ1v) is 12.9. The fraction of sp³-hybridized carbons (Fsp3) is 0.348. The molecule has 0 fully saturated rings. The molecule has 1 amide bonds. The summed E-state index contributed by atoms with van der Waals surface area (Å²) in [6, 6.07) is 15.4. The molecular weight excluding hydrogens is 366 g/mol. The van der Waals surface area contributed by atoms with E-state index in [0.717, 1.165) is 16.9 Å². The molecule has 0 aliphatic carbocycles. The predicted molar refractivity (Wildman–Crippen MR) is 116 cm³/mol. The van der Waals surface area contributed by atoms with Crippen molar-refractivity contribution in [3.63, 3.8) is 0 Å². The molecular formula is C23H29NO3Si. The number of benzene rings is 2. The van der Waals surface area contributed by atoms with Crippen molar-refractivity contribution >= 4 is 14.2 Å². The molecule has 0 radical (unpaired) electrons. The van der Waals surface area contributed by atoms with E-state index in [4.69, 9.17) is 9.47 Å². The Morgan fingerprint density at radius 2 is 1.68 bits per heavy atom. The van der Waals surface area contributed by atoms with Crippen molar-refractivity contribution < 1.29 is 14.3 Å². The van der Waals surface area contributed by atoms with Gasteiger partial charge in [0.2, 0.25) is 0 Å². The molecule has 5 heteroatoms. The Morgan fingerprint density at radius 1 is 1.04 bits per heavy atom. The highest BCUT2D eigenvalue weighted by atomic mass is 28.3. The Bertz CT molecular complexity index is 883. The van der Waals surface area contributed by atoms with Crippen LogP contribution in [0.4, 0.5) is 4.79 Å². The Balaban J connectivity index is 2.03. The molecule has 28 heavy (non-hydrogen) atoms. The first-order valence-electron chi connectivity index (χ1n) is 9.37. The van der Waals surface area contributed by atoms with E-state index >= 15 is 0 Å². The van der Waals surface area contributed by atoms with Crippen molar-refractivity contribution in [2.45, 2.75) is 52.6 Å². The summed E-state index contributed by atoms with van der Waals surface area (Å²) in [5, 5.41) is 2.76. The van der Waals surface area contributed by atoms with Gasteiger partial charge in [-0.25, -0.2) is 4.79 Å². The summed E-state index contributed by atoms with van der Waals surface area (Å²) in [6.45, 7) is 12.5. The smallest absolute Gasteiger partial charge is 0.407 e. The van der Waals surface area contributed by atoms with E-state index in [0.29, 0.717) is 12.3 Å². The molecule has 0 heterocycles. The van der Waals surface area contributed by atoms with Gasteiger partial charge in [-0.05, 0) is 56.7 Å². The highest BCUT2D eigenvalue weighted by molar-refractivity contribution is 6.83. The van der Waals surface area contributed by atoms with Crippen LogP contribution in [-0.4, -0.2) is 19.8 Å². The molecule has 0 saturated heterocycles. The predicted octanol–water partition coefficient (Wildman–Crippen LogP) is 5.73. The molecule has 0 aliphatic heterocycles. The van der Waals surface area contributed by atoms with Crippen molar-refractivity contribution in [2.24, 2.45) is 0 Å². The molecule has 2 aromatic carbocycles.